The van der Waals surface area contributed by atoms with E-state index in [1.807, 2.05) is 61.5 Å². The second-order valence-corrected chi connectivity index (χ2v) is 14.0. The first-order valence-electron chi connectivity index (χ1n) is 14.0. The Labute approximate surface area is 257 Å². The van der Waals surface area contributed by atoms with E-state index in [4.69, 9.17) is 0 Å². The van der Waals surface area contributed by atoms with Crippen LogP contribution < -0.4 is 9.62 Å². The van der Waals surface area contributed by atoms with E-state index >= 15 is 0 Å². The normalized spacial score (nSPS) is 14.7. The molecule has 41 heavy (non-hydrogen) atoms. The molecule has 7 nitrogen and oxygen atoms in total. The van der Waals surface area contributed by atoms with Crippen LogP contribution in [0.3, 0.4) is 0 Å². The average molecular weight is 688 g/mol. The minimum absolute atomic E-state index is 0.0738. The van der Waals surface area contributed by atoms with Gasteiger partial charge in [-0.05, 0) is 77.7 Å². The average Bonchev–Trinajstić information content (AvgIpc) is 2.94. The molecular formula is C32H38IN3O4S. The Morgan fingerprint density at radius 1 is 0.927 bits per heavy atom. The molecule has 1 fully saturated rings. The van der Waals surface area contributed by atoms with Crippen molar-refractivity contribution in [2.24, 2.45) is 0 Å². The van der Waals surface area contributed by atoms with Gasteiger partial charge in [0.2, 0.25) is 21.8 Å². The Hall–Kier alpha value is -2.92. The van der Waals surface area contributed by atoms with Gasteiger partial charge < -0.3 is 10.2 Å². The zero-order valence-corrected chi connectivity index (χ0v) is 26.6. The number of sulfonamides is 1. The van der Waals surface area contributed by atoms with E-state index in [0.717, 1.165) is 62.9 Å². The second-order valence-electron chi connectivity index (χ2n) is 10.8. The highest BCUT2D eigenvalue weighted by molar-refractivity contribution is 14.1. The predicted molar refractivity (Wildman–Crippen MR) is 172 cm³/mol. The largest absolute Gasteiger partial charge is 0.352 e. The maximum atomic E-state index is 14.2. The SMILES string of the molecule is Cc1cccc(CN(C(=O)CN(c2ccc(I)cc2)S(C)(=O)=O)C(Cc2ccccc2)C(=O)NC2CCCCC2)c1. The number of nitrogens with one attached hydrogen (secondary N) is 1. The second kappa shape index (κ2) is 14.3. The van der Waals surface area contributed by atoms with Crippen LogP contribution in [0.15, 0.2) is 78.9 Å². The summed E-state index contributed by atoms with van der Waals surface area (Å²) in [6, 6.07) is 23.7. The number of carbonyl (C=O) groups is 2. The van der Waals surface area contributed by atoms with Crippen molar-refractivity contribution in [3.8, 4) is 0 Å². The summed E-state index contributed by atoms with van der Waals surface area (Å²) in [6.45, 7) is 1.75. The van der Waals surface area contributed by atoms with Crippen LogP contribution in [0, 0.1) is 10.5 Å². The fourth-order valence-corrected chi connectivity index (χ4v) is 6.54. The van der Waals surface area contributed by atoms with Crippen LogP contribution in [-0.4, -0.2) is 50.0 Å². The first-order chi connectivity index (χ1) is 19.6. The molecule has 218 valence electrons. The molecule has 0 radical (unpaired) electrons. The van der Waals surface area contributed by atoms with E-state index in [1.165, 1.54) is 0 Å². The molecule has 2 amide bonds. The van der Waals surface area contributed by atoms with Gasteiger partial charge in [0.1, 0.15) is 12.6 Å². The molecule has 1 atom stereocenters. The topological polar surface area (TPSA) is 86.8 Å². The summed E-state index contributed by atoms with van der Waals surface area (Å²) in [5.41, 5.74) is 3.25. The zero-order valence-electron chi connectivity index (χ0n) is 23.6. The maximum Gasteiger partial charge on any atom is 0.244 e. The monoisotopic (exact) mass is 687 g/mol. The highest BCUT2D eigenvalue weighted by atomic mass is 127. The molecule has 0 aromatic heterocycles. The van der Waals surface area contributed by atoms with Gasteiger partial charge in [-0.1, -0.05) is 79.4 Å². The molecule has 0 spiro atoms. The number of hydrogen-bond donors (Lipinski definition) is 1. The number of nitrogens with zero attached hydrogens (tertiary/aromatic N) is 2. The summed E-state index contributed by atoms with van der Waals surface area (Å²) >= 11 is 2.15. The van der Waals surface area contributed by atoms with Crippen molar-refractivity contribution >= 4 is 50.1 Å². The summed E-state index contributed by atoms with van der Waals surface area (Å²) in [5, 5.41) is 3.23. The Bertz CT molecular complexity index is 1420. The van der Waals surface area contributed by atoms with E-state index in [2.05, 4.69) is 27.9 Å². The lowest BCUT2D eigenvalue weighted by Gasteiger charge is -2.35. The number of amides is 2. The molecule has 1 unspecified atom stereocenters. The van der Waals surface area contributed by atoms with Crippen molar-refractivity contribution in [2.45, 2.75) is 64.1 Å². The molecule has 1 aliphatic carbocycles. The summed E-state index contributed by atoms with van der Waals surface area (Å²) < 4.78 is 27.9. The molecule has 0 saturated heterocycles. The lowest BCUT2D eigenvalue weighted by atomic mass is 9.94. The molecule has 1 aliphatic rings. The third-order valence-electron chi connectivity index (χ3n) is 7.45. The van der Waals surface area contributed by atoms with E-state index < -0.39 is 28.5 Å². The highest BCUT2D eigenvalue weighted by Crippen LogP contribution is 2.23. The number of hydrogen-bond acceptors (Lipinski definition) is 4. The highest BCUT2D eigenvalue weighted by Gasteiger charge is 2.34. The Balaban J connectivity index is 1.71. The number of halogens is 1. The zero-order chi connectivity index (χ0) is 29.4. The van der Waals surface area contributed by atoms with Gasteiger partial charge in [-0.15, -0.1) is 0 Å². The van der Waals surface area contributed by atoms with E-state index in [9.17, 15) is 18.0 Å². The van der Waals surface area contributed by atoms with Gasteiger partial charge in [0.15, 0.2) is 0 Å². The number of anilines is 1. The molecule has 1 saturated carbocycles. The van der Waals surface area contributed by atoms with Gasteiger partial charge >= 0.3 is 0 Å². The van der Waals surface area contributed by atoms with Crippen molar-refractivity contribution in [2.75, 3.05) is 17.1 Å². The summed E-state index contributed by atoms with van der Waals surface area (Å²) in [4.78, 5) is 29.7. The molecule has 9 heteroatoms. The number of aryl methyl sites for hydroxylation is 1. The third-order valence-corrected chi connectivity index (χ3v) is 9.31. The van der Waals surface area contributed by atoms with Crippen molar-refractivity contribution in [3.05, 3.63) is 99.1 Å². The van der Waals surface area contributed by atoms with Gasteiger partial charge in [0, 0.05) is 22.6 Å². The summed E-state index contributed by atoms with van der Waals surface area (Å²) in [6.07, 6.45) is 6.56. The number of benzene rings is 3. The van der Waals surface area contributed by atoms with Crippen molar-refractivity contribution in [1.29, 1.82) is 0 Å². The first kappa shape index (κ1) is 31.0. The summed E-state index contributed by atoms with van der Waals surface area (Å²) in [7, 11) is -3.78. The van der Waals surface area contributed by atoms with Crippen LogP contribution in [0.5, 0.6) is 0 Å². The van der Waals surface area contributed by atoms with Crippen molar-refractivity contribution < 1.29 is 18.0 Å². The molecular weight excluding hydrogens is 649 g/mol. The fraction of sp³-hybridized carbons (Fsp3) is 0.375. The van der Waals surface area contributed by atoms with Gasteiger partial charge in [-0.2, -0.15) is 0 Å². The minimum Gasteiger partial charge on any atom is -0.352 e. The van der Waals surface area contributed by atoms with Crippen LogP contribution in [0.2, 0.25) is 0 Å². The Morgan fingerprint density at radius 3 is 2.22 bits per heavy atom. The maximum absolute atomic E-state index is 14.2. The standard InChI is InChI=1S/C32H38IN3O4S/c1-24-10-9-13-26(20-24)22-35(31(37)23-36(41(2,39)40)29-18-16-27(33)17-19-29)30(21-25-11-5-3-6-12-25)32(38)34-28-14-7-4-8-15-28/h3,5-6,9-13,16-20,28,30H,4,7-8,14-15,21-23H2,1-2H3,(H,34,38). The fourth-order valence-electron chi connectivity index (χ4n) is 5.33. The van der Waals surface area contributed by atoms with Gasteiger partial charge in [-0.3, -0.25) is 13.9 Å². The molecule has 1 N–H and O–H groups in total. The van der Waals surface area contributed by atoms with Crippen LogP contribution >= 0.6 is 22.6 Å². The van der Waals surface area contributed by atoms with E-state index in [1.54, 1.807) is 29.2 Å². The Morgan fingerprint density at radius 2 is 1.59 bits per heavy atom. The van der Waals surface area contributed by atoms with Crippen LogP contribution in [0.25, 0.3) is 0 Å². The van der Waals surface area contributed by atoms with Gasteiger partial charge in [0.05, 0.1) is 11.9 Å². The van der Waals surface area contributed by atoms with Crippen LogP contribution in [-0.2, 0) is 32.6 Å². The molecule has 3 aromatic carbocycles. The van der Waals surface area contributed by atoms with E-state index in [0.29, 0.717) is 12.1 Å². The van der Waals surface area contributed by atoms with Gasteiger partial charge in [-0.25, -0.2) is 8.42 Å². The smallest absolute Gasteiger partial charge is 0.244 e. The number of rotatable bonds is 11. The minimum atomic E-state index is -3.78. The molecule has 0 heterocycles. The lowest BCUT2D eigenvalue weighted by Crippen LogP contribution is -2.55. The van der Waals surface area contributed by atoms with Crippen LogP contribution in [0.1, 0.15) is 48.8 Å². The van der Waals surface area contributed by atoms with Crippen molar-refractivity contribution in [1.82, 2.24) is 10.2 Å². The number of carbonyl (C=O) groups excluding carboxylic acids is 2. The molecule has 4 rings (SSSR count). The quantitative estimate of drug-likeness (QED) is 0.272. The van der Waals surface area contributed by atoms with Crippen molar-refractivity contribution in [3.63, 3.8) is 0 Å². The van der Waals surface area contributed by atoms with E-state index in [-0.39, 0.29) is 18.5 Å². The lowest BCUT2D eigenvalue weighted by molar-refractivity contribution is -0.140. The molecule has 0 bridgehead atoms. The summed E-state index contributed by atoms with van der Waals surface area (Å²) in [5.74, 6) is -0.642. The third kappa shape index (κ3) is 9.03. The molecule has 3 aromatic rings. The Kier molecular flexibility index (Phi) is 10.8. The van der Waals surface area contributed by atoms with Crippen LogP contribution in [0.4, 0.5) is 5.69 Å². The first-order valence-corrected chi connectivity index (χ1v) is 17.0. The predicted octanol–water partition coefficient (Wildman–Crippen LogP) is 5.45. The van der Waals surface area contributed by atoms with Gasteiger partial charge in [0.25, 0.3) is 0 Å². The molecule has 0 aliphatic heterocycles.